The average Bonchev–Trinajstić information content (AvgIpc) is 3.53. The molecule has 0 saturated carbocycles. The summed E-state index contributed by atoms with van der Waals surface area (Å²) in [5.41, 5.74) is 2.87. The van der Waals surface area contributed by atoms with E-state index < -0.39 is 0 Å². The van der Waals surface area contributed by atoms with E-state index in [0.29, 0.717) is 23.0 Å². The zero-order valence-corrected chi connectivity index (χ0v) is 18.8. The molecular formula is C25H24N4O3S. The van der Waals surface area contributed by atoms with Gasteiger partial charge in [0.15, 0.2) is 5.11 Å². The van der Waals surface area contributed by atoms with Crippen LogP contribution in [0.3, 0.4) is 0 Å². The van der Waals surface area contributed by atoms with E-state index in [-0.39, 0.29) is 24.5 Å². The third-order valence-corrected chi connectivity index (χ3v) is 6.16. The van der Waals surface area contributed by atoms with Gasteiger partial charge in [0.2, 0.25) is 5.91 Å². The molecule has 2 aliphatic heterocycles. The van der Waals surface area contributed by atoms with Gasteiger partial charge in [0.05, 0.1) is 11.8 Å². The van der Waals surface area contributed by atoms with Crippen LogP contribution in [0.2, 0.25) is 0 Å². The van der Waals surface area contributed by atoms with Crippen molar-refractivity contribution in [2.75, 3.05) is 18.1 Å². The zero-order valence-electron chi connectivity index (χ0n) is 18.0. The lowest BCUT2D eigenvalue weighted by Crippen LogP contribution is -2.34. The van der Waals surface area contributed by atoms with Gasteiger partial charge in [-0.2, -0.15) is 0 Å². The maximum atomic E-state index is 13.1. The molecule has 0 aliphatic carbocycles. The summed E-state index contributed by atoms with van der Waals surface area (Å²) in [6.07, 6.45) is 5.81. The average molecular weight is 461 g/mol. The van der Waals surface area contributed by atoms with Gasteiger partial charge in [0.1, 0.15) is 12.2 Å². The highest BCUT2D eigenvalue weighted by Crippen LogP contribution is 2.26. The molecule has 2 N–H and O–H groups in total. The van der Waals surface area contributed by atoms with Crippen LogP contribution in [0, 0.1) is 0 Å². The van der Waals surface area contributed by atoms with Gasteiger partial charge in [0, 0.05) is 35.8 Å². The molecule has 1 aromatic heterocycles. The molecular weight excluding hydrogens is 436 g/mol. The second kappa shape index (κ2) is 9.17. The number of hydrogen-bond acceptors (Lipinski definition) is 4. The van der Waals surface area contributed by atoms with E-state index in [1.54, 1.807) is 6.08 Å². The van der Waals surface area contributed by atoms with Gasteiger partial charge in [-0.3, -0.25) is 14.5 Å². The fraction of sp³-hybridized carbons (Fsp3) is 0.240. The van der Waals surface area contributed by atoms with Crippen molar-refractivity contribution in [3.8, 4) is 0 Å². The predicted octanol–water partition coefficient (Wildman–Crippen LogP) is 3.20. The molecule has 2 fully saturated rings. The number of carbonyl (C=O) groups excluding carboxylic acids is 2. The number of carbonyl (C=O) groups is 2. The summed E-state index contributed by atoms with van der Waals surface area (Å²) in [5.74, 6) is -0.283. The molecule has 3 aromatic rings. The summed E-state index contributed by atoms with van der Waals surface area (Å²) in [7, 11) is 0. The molecule has 1 atom stereocenters. The third-order valence-electron chi connectivity index (χ3n) is 5.88. The van der Waals surface area contributed by atoms with Gasteiger partial charge >= 0.3 is 0 Å². The van der Waals surface area contributed by atoms with Crippen LogP contribution in [-0.4, -0.2) is 40.7 Å². The summed E-state index contributed by atoms with van der Waals surface area (Å²) >= 11 is 5.41. The number of rotatable bonds is 6. The Morgan fingerprint density at radius 1 is 1.18 bits per heavy atom. The first kappa shape index (κ1) is 21.4. The first-order chi connectivity index (χ1) is 16.1. The highest BCUT2D eigenvalue weighted by atomic mass is 32.1. The normalized spacial score (nSPS) is 19.5. The minimum absolute atomic E-state index is 0.0723. The molecule has 8 heteroatoms. The van der Waals surface area contributed by atoms with Crippen molar-refractivity contribution >= 4 is 51.8 Å². The number of aromatic nitrogens is 1. The second-order valence-corrected chi connectivity index (χ2v) is 8.52. The molecule has 2 saturated heterocycles. The Balaban J connectivity index is 1.39. The number of hydrogen-bond donors (Lipinski definition) is 2. The van der Waals surface area contributed by atoms with E-state index in [2.05, 4.69) is 10.6 Å². The van der Waals surface area contributed by atoms with Gasteiger partial charge in [-0.1, -0.05) is 36.4 Å². The van der Waals surface area contributed by atoms with Crippen molar-refractivity contribution in [3.05, 3.63) is 72.1 Å². The molecule has 168 valence electrons. The van der Waals surface area contributed by atoms with Crippen molar-refractivity contribution in [3.63, 3.8) is 0 Å². The molecule has 2 aromatic carbocycles. The van der Waals surface area contributed by atoms with Crippen LogP contribution < -0.4 is 15.5 Å². The highest BCUT2D eigenvalue weighted by Gasteiger charge is 2.32. The lowest BCUT2D eigenvalue weighted by atomic mass is 10.1. The standard InChI is InChI=1S/C25H24N4O3S/c30-23(26-14-19-9-6-12-32-19)16-28-15-17(20-10-4-5-11-22(20)28)13-21-24(31)29(25(33)27-21)18-7-2-1-3-8-18/h1-5,7-8,10-11,13,15,19H,6,9,12,14,16H2,(H,26,30)(H,27,33)/b21-13-/t19-/m1/s1. The number of para-hydroxylation sites is 2. The fourth-order valence-corrected chi connectivity index (χ4v) is 4.57. The molecule has 2 amide bonds. The third kappa shape index (κ3) is 4.40. The Hall–Kier alpha value is -3.49. The first-order valence-corrected chi connectivity index (χ1v) is 11.4. The molecule has 0 radical (unpaired) electrons. The van der Waals surface area contributed by atoms with E-state index >= 15 is 0 Å². The Labute approximate surface area is 197 Å². The van der Waals surface area contributed by atoms with Crippen molar-refractivity contribution in [2.45, 2.75) is 25.5 Å². The number of fused-ring (bicyclic) bond motifs is 1. The largest absolute Gasteiger partial charge is 0.376 e. The number of anilines is 1. The summed E-state index contributed by atoms with van der Waals surface area (Å²) < 4.78 is 7.48. The summed E-state index contributed by atoms with van der Waals surface area (Å²) in [6.45, 7) is 1.48. The lowest BCUT2D eigenvalue weighted by Gasteiger charge is -2.13. The van der Waals surface area contributed by atoms with E-state index in [0.717, 1.165) is 35.9 Å². The monoisotopic (exact) mass is 460 g/mol. The number of thiocarbonyl (C=S) groups is 1. The highest BCUT2D eigenvalue weighted by molar-refractivity contribution is 7.80. The molecule has 7 nitrogen and oxygen atoms in total. The molecule has 0 unspecified atom stereocenters. The molecule has 2 aliphatic rings. The van der Waals surface area contributed by atoms with Gasteiger partial charge in [0.25, 0.3) is 5.91 Å². The van der Waals surface area contributed by atoms with Gasteiger partial charge in [-0.25, -0.2) is 0 Å². The van der Waals surface area contributed by atoms with E-state index in [1.165, 1.54) is 4.90 Å². The van der Waals surface area contributed by atoms with E-state index in [4.69, 9.17) is 17.0 Å². The Morgan fingerprint density at radius 3 is 2.76 bits per heavy atom. The number of nitrogens with one attached hydrogen (secondary N) is 2. The summed E-state index contributed by atoms with van der Waals surface area (Å²) in [4.78, 5) is 27.1. The lowest BCUT2D eigenvalue weighted by molar-refractivity contribution is -0.122. The van der Waals surface area contributed by atoms with Crippen LogP contribution in [0.4, 0.5) is 5.69 Å². The van der Waals surface area contributed by atoms with Crippen LogP contribution in [0.25, 0.3) is 17.0 Å². The van der Waals surface area contributed by atoms with E-state index in [9.17, 15) is 9.59 Å². The van der Waals surface area contributed by atoms with Crippen molar-refractivity contribution < 1.29 is 14.3 Å². The summed E-state index contributed by atoms with van der Waals surface area (Å²) in [6, 6.07) is 17.1. The number of benzene rings is 2. The van der Waals surface area contributed by atoms with Crippen LogP contribution >= 0.6 is 12.2 Å². The molecule has 0 spiro atoms. The first-order valence-electron chi connectivity index (χ1n) is 11.0. The summed E-state index contributed by atoms with van der Waals surface area (Å²) in [5, 5.41) is 7.30. The van der Waals surface area contributed by atoms with Gasteiger partial charge in [-0.15, -0.1) is 0 Å². The van der Waals surface area contributed by atoms with Crippen molar-refractivity contribution in [1.29, 1.82) is 0 Å². The van der Waals surface area contributed by atoms with Gasteiger partial charge < -0.3 is 19.9 Å². The SMILES string of the molecule is O=C(Cn1cc(/C=C2\NC(=S)N(c3ccccc3)C2=O)c2ccccc21)NC[C@H]1CCCO1. The maximum Gasteiger partial charge on any atom is 0.281 e. The quantitative estimate of drug-likeness (QED) is 0.437. The van der Waals surface area contributed by atoms with Crippen LogP contribution in [0.5, 0.6) is 0 Å². The Bertz CT molecular complexity index is 1250. The van der Waals surface area contributed by atoms with Crippen LogP contribution in [0.15, 0.2) is 66.5 Å². The van der Waals surface area contributed by atoms with Crippen molar-refractivity contribution in [2.24, 2.45) is 0 Å². The Morgan fingerprint density at radius 2 is 1.97 bits per heavy atom. The molecule has 3 heterocycles. The van der Waals surface area contributed by atoms with Crippen LogP contribution in [0.1, 0.15) is 18.4 Å². The molecule has 0 bridgehead atoms. The van der Waals surface area contributed by atoms with E-state index in [1.807, 2.05) is 65.4 Å². The number of amides is 2. The number of nitrogens with zero attached hydrogens (tertiary/aromatic N) is 2. The van der Waals surface area contributed by atoms with Crippen LogP contribution in [-0.2, 0) is 20.9 Å². The zero-order chi connectivity index (χ0) is 22.8. The van der Waals surface area contributed by atoms with Crippen molar-refractivity contribution in [1.82, 2.24) is 15.2 Å². The topological polar surface area (TPSA) is 75.6 Å². The number of ether oxygens (including phenoxy) is 1. The minimum Gasteiger partial charge on any atom is -0.376 e. The maximum absolute atomic E-state index is 13.1. The fourth-order valence-electron chi connectivity index (χ4n) is 4.27. The Kier molecular flexibility index (Phi) is 5.93. The smallest absolute Gasteiger partial charge is 0.281 e. The minimum atomic E-state index is -0.211. The van der Waals surface area contributed by atoms with Gasteiger partial charge in [-0.05, 0) is 49.3 Å². The molecule has 5 rings (SSSR count). The molecule has 33 heavy (non-hydrogen) atoms. The second-order valence-electron chi connectivity index (χ2n) is 8.13. The predicted molar refractivity (Wildman–Crippen MR) is 132 cm³/mol.